The van der Waals surface area contributed by atoms with E-state index >= 15 is 0 Å². The van der Waals surface area contributed by atoms with Crippen LogP contribution >= 0.6 is 45.3 Å². The van der Waals surface area contributed by atoms with Gasteiger partial charge in [0.1, 0.15) is 72.5 Å². The highest BCUT2D eigenvalue weighted by Crippen LogP contribution is 2.49. The van der Waals surface area contributed by atoms with Crippen LogP contribution in [0.25, 0.3) is 41.4 Å². The Hall–Kier alpha value is -10.6. The normalized spacial score (nSPS) is 20.7. The first-order valence-corrected chi connectivity index (χ1v) is 51.7. The minimum Gasteiger partial charge on any atom is -0.381 e. The molecule has 39 heteroatoms. The van der Waals surface area contributed by atoms with E-state index in [1.54, 1.807) is 25.0 Å². The SMILES string of the molecule is CN(C)CCC1CN(c2ncnc3sc(C(=O)NC4CCOCC4)nc23)c2ccccc21.O=C(NC1CCOCC1)c1nc2c(N3CC(CCN4CCCC4)c4ccccc43)ncnc2s1.O=C(NC1CCOCC1)c1nc2c(N3CC(CCN4CCOCC4)c4cc(F)ccc43)ncnc2s1.O=C(NC1CCOCC1)c1nc2c(N3CC(CCN4CCOCC4)c4ccccc43)ncnc2s1. The van der Waals surface area contributed by atoms with E-state index in [4.69, 9.17) is 43.4 Å². The van der Waals surface area contributed by atoms with Gasteiger partial charge in [-0.25, -0.2) is 64.2 Å². The van der Waals surface area contributed by atoms with E-state index in [1.165, 1.54) is 112 Å². The maximum absolute atomic E-state index is 14.3. The second-order valence-corrected chi connectivity index (χ2v) is 40.9. The van der Waals surface area contributed by atoms with E-state index < -0.39 is 0 Å². The van der Waals surface area contributed by atoms with Crippen molar-refractivity contribution in [2.24, 2.45) is 0 Å². The van der Waals surface area contributed by atoms with E-state index in [2.05, 4.69) is 192 Å². The molecular weight excluding hydrogens is 1820 g/mol. The molecule has 0 radical (unpaired) electrons. The molecule has 137 heavy (non-hydrogen) atoms. The maximum Gasteiger partial charge on any atom is 0.280 e. The number of hydrogen-bond acceptors (Lipinski definition) is 34. The van der Waals surface area contributed by atoms with Gasteiger partial charge in [0.2, 0.25) is 0 Å². The highest BCUT2D eigenvalue weighted by atomic mass is 32.1. The fraction of sp³-hybridized carbons (Fsp3) is 0.510. The van der Waals surface area contributed by atoms with Gasteiger partial charge in [0.15, 0.2) is 43.3 Å². The number of ether oxygens (including phenoxy) is 6. The number of anilines is 8. The Morgan fingerprint density at radius 2 is 0.628 bits per heavy atom. The van der Waals surface area contributed by atoms with Crippen molar-refractivity contribution in [3.8, 4) is 0 Å². The third-order valence-electron chi connectivity index (χ3n) is 27.8. The van der Waals surface area contributed by atoms with Crippen molar-refractivity contribution in [2.75, 3.05) is 205 Å². The molecule has 4 amide bonds. The Labute approximate surface area is 810 Å². The van der Waals surface area contributed by atoms with Gasteiger partial charge < -0.3 is 79.1 Å². The van der Waals surface area contributed by atoms with E-state index in [0.717, 1.165) is 224 Å². The number of rotatable bonds is 24. The maximum atomic E-state index is 14.3. The number of carbonyl (C=O) groups is 4. The lowest BCUT2D eigenvalue weighted by Crippen LogP contribution is -2.38. The van der Waals surface area contributed by atoms with Crippen molar-refractivity contribution in [1.82, 2.24) is 101 Å². The summed E-state index contributed by atoms with van der Waals surface area (Å²) in [5.74, 6) is 3.61. The van der Waals surface area contributed by atoms with Gasteiger partial charge in [-0.3, -0.25) is 29.0 Å². The number of thiazole rings is 4. The summed E-state index contributed by atoms with van der Waals surface area (Å²) in [6.07, 6.45) is 19.7. The van der Waals surface area contributed by atoms with Crippen LogP contribution in [0, 0.1) is 5.82 Å². The monoisotopic (exact) mass is 1940 g/mol. The zero-order valence-corrected chi connectivity index (χ0v) is 80.7. The molecule has 23 rings (SSSR count). The second kappa shape index (κ2) is 44.2. The lowest BCUT2D eigenvalue weighted by atomic mass is 9.97. The minimum atomic E-state index is -0.236. The second-order valence-electron chi connectivity index (χ2n) is 36.9. The first kappa shape index (κ1) is 94.0. The molecule has 0 aliphatic carbocycles. The molecule has 8 aromatic heterocycles. The topological polar surface area (TPSA) is 352 Å². The Balaban J connectivity index is 0.000000113. The smallest absolute Gasteiger partial charge is 0.280 e. The summed E-state index contributed by atoms with van der Waals surface area (Å²) in [5.41, 5.74) is 12.2. The summed E-state index contributed by atoms with van der Waals surface area (Å²) in [5, 5.41) is 14.1. The first-order chi connectivity index (χ1) is 67.3. The fourth-order valence-electron chi connectivity index (χ4n) is 20.4. The molecule has 12 aromatic rings. The number of para-hydroxylation sites is 3. The number of hydrogen-bond donors (Lipinski definition) is 4. The molecule has 4 N–H and O–H groups in total. The van der Waals surface area contributed by atoms with Gasteiger partial charge in [0, 0.05) is 176 Å². The molecule has 4 aromatic carbocycles. The lowest BCUT2D eigenvalue weighted by molar-refractivity contribution is 0.0367. The number of benzene rings is 4. The van der Waals surface area contributed by atoms with Gasteiger partial charge in [-0.15, -0.1) is 0 Å². The van der Waals surface area contributed by atoms with Gasteiger partial charge in [0.25, 0.3) is 23.6 Å². The molecule has 19 heterocycles. The van der Waals surface area contributed by atoms with Crippen LogP contribution in [0.2, 0.25) is 0 Å². The van der Waals surface area contributed by atoms with Crippen LogP contribution in [0.3, 0.4) is 0 Å². The van der Waals surface area contributed by atoms with Crippen LogP contribution in [-0.2, 0) is 28.4 Å². The fourth-order valence-corrected chi connectivity index (χ4v) is 23.6. The highest BCUT2D eigenvalue weighted by Gasteiger charge is 2.40. The minimum absolute atomic E-state index is 0.0939. The van der Waals surface area contributed by atoms with Crippen molar-refractivity contribution in [2.45, 2.75) is 138 Å². The van der Waals surface area contributed by atoms with Gasteiger partial charge in [0.05, 0.1) is 26.4 Å². The van der Waals surface area contributed by atoms with E-state index in [-0.39, 0.29) is 59.5 Å². The standard InChI is InChI=1S/C25H29FN6O3S.C25H30N6O3S.C25H30N6O2S.C23H28N6O2S/c26-17-1-2-20-19(13-17)16(3-6-31-7-11-35-12-8-31)14-32(20)22-21-24(28-15-27-22)36-25(30-21)23(33)29-18-4-9-34-10-5-18;32-23(28-18-6-11-33-12-7-18)25-29-21-22(26-16-27-24(21)35-25)31-15-17(19-3-1-2-4-20(19)31)5-8-30-9-13-34-14-10-30;32-23(28-18-8-13-33-14-9-18)25-29-21-22(26-16-27-24(21)34-25)31-15-17(7-12-30-10-3-4-11-30)19-5-1-2-6-20(19)31;1-28(2)10-7-15-13-29(18-6-4-3-5-17(15)18)20-19-22(25-14-24-20)32-23(27-19)21(30)26-16-8-11-31-12-9-16/h1-2,13,15-16,18H,3-12,14H2,(H,29,33);1-4,16-18H,5-15H2,(H,28,32);1-2,5-6,16-18H,3-4,7-15H2,(H,28,32);3-6,14-16H,7-13H2,1-2H3,(H,26,30). The van der Waals surface area contributed by atoms with Crippen LogP contribution in [0.15, 0.2) is 116 Å². The summed E-state index contributed by atoms with van der Waals surface area (Å²) in [4.78, 5) is 128. The summed E-state index contributed by atoms with van der Waals surface area (Å²) >= 11 is 5.26. The third-order valence-corrected chi connectivity index (χ3v) is 31.6. The van der Waals surface area contributed by atoms with E-state index in [9.17, 15) is 23.6 Å². The average molecular weight is 1940 g/mol. The van der Waals surface area contributed by atoms with E-state index in [0.29, 0.717) is 130 Å². The number of likely N-dealkylation sites (tertiary alicyclic amines) is 1. The van der Waals surface area contributed by atoms with Crippen LogP contribution in [0.5, 0.6) is 0 Å². The molecule has 34 nitrogen and oxygen atoms in total. The molecule has 4 atom stereocenters. The Bertz CT molecular complexity index is 6190. The van der Waals surface area contributed by atoms with Gasteiger partial charge in [-0.2, -0.15) is 0 Å². The van der Waals surface area contributed by atoms with Gasteiger partial charge >= 0.3 is 0 Å². The predicted octanol–water partition coefficient (Wildman–Crippen LogP) is 12.9. The number of carbonyl (C=O) groups excluding carboxylic acids is 4. The number of morpholine rings is 2. The first-order valence-electron chi connectivity index (χ1n) is 48.4. The predicted molar refractivity (Wildman–Crippen MR) is 528 cm³/mol. The highest BCUT2D eigenvalue weighted by molar-refractivity contribution is 7.21. The lowest BCUT2D eigenvalue weighted by Gasteiger charge is -2.27. The Morgan fingerprint density at radius 3 is 0.942 bits per heavy atom. The number of nitrogens with zero attached hydrogens (tertiary/aromatic N) is 20. The molecule has 7 saturated heterocycles. The van der Waals surface area contributed by atoms with Crippen molar-refractivity contribution in [1.29, 1.82) is 0 Å². The third kappa shape index (κ3) is 22.0. The number of fused-ring (bicyclic) bond motifs is 8. The number of aromatic nitrogens is 12. The zero-order chi connectivity index (χ0) is 93.1. The Morgan fingerprint density at radius 1 is 0.350 bits per heavy atom. The zero-order valence-electron chi connectivity index (χ0n) is 77.4. The van der Waals surface area contributed by atoms with Crippen LogP contribution in [0.4, 0.5) is 50.4 Å². The van der Waals surface area contributed by atoms with Crippen LogP contribution < -0.4 is 40.9 Å². The summed E-state index contributed by atoms with van der Waals surface area (Å²) < 4.78 is 46.8. The largest absolute Gasteiger partial charge is 0.381 e. The Kier molecular flexibility index (Phi) is 30.3. The van der Waals surface area contributed by atoms with Crippen molar-refractivity contribution < 1.29 is 52.0 Å². The molecule has 0 saturated carbocycles. The summed E-state index contributed by atoms with van der Waals surface area (Å²) in [7, 11) is 4.21. The molecule has 7 fully saturated rings. The van der Waals surface area contributed by atoms with E-state index in [1.807, 2.05) is 6.07 Å². The van der Waals surface area contributed by atoms with Gasteiger partial charge in [-0.1, -0.05) is 99.9 Å². The number of halogens is 1. The van der Waals surface area contributed by atoms with Crippen molar-refractivity contribution in [3.05, 3.63) is 164 Å². The molecule has 0 bridgehead atoms. The quantitative estimate of drug-likeness (QED) is 0.0436. The molecule has 4 unspecified atom stereocenters. The van der Waals surface area contributed by atoms with Gasteiger partial charge in [-0.05, 0) is 202 Å². The van der Waals surface area contributed by atoms with Crippen LogP contribution in [0.1, 0.15) is 175 Å². The molecule has 720 valence electrons. The molecule has 11 aliphatic rings. The summed E-state index contributed by atoms with van der Waals surface area (Å²) in [6, 6.07) is 31.2. The number of nitrogens with one attached hydrogen (secondary N) is 4. The van der Waals surface area contributed by atoms with Crippen molar-refractivity contribution in [3.63, 3.8) is 0 Å². The molecular formula is C98H117FN24O10S4. The summed E-state index contributed by atoms with van der Waals surface area (Å²) in [6.45, 7) is 22.3. The molecule has 0 spiro atoms. The molecule has 11 aliphatic heterocycles. The van der Waals surface area contributed by atoms with Crippen LogP contribution in [-0.4, -0.2) is 312 Å². The van der Waals surface area contributed by atoms with Crippen molar-refractivity contribution >= 4 is 156 Å². The average Bonchev–Trinajstić information content (AvgIpc) is 1.62. The number of amides is 4.